The van der Waals surface area contributed by atoms with Gasteiger partial charge in [-0.1, -0.05) is 49.9 Å². The molecule has 1 aliphatic carbocycles. The van der Waals surface area contributed by atoms with E-state index in [0.29, 0.717) is 18.6 Å². The largest absolute Gasteiger partial charge is 0.386 e. The van der Waals surface area contributed by atoms with E-state index in [0.717, 1.165) is 17.5 Å². The highest BCUT2D eigenvalue weighted by atomic mass is 16.5. The Morgan fingerprint density at radius 1 is 1.25 bits per heavy atom. The molecular formula is C18H28O2. The summed E-state index contributed by atoms with van der Waals surface area (Å²) < 4.78 is 6.04. The monoisotopic (exact) mass is 276 g/mol. The van der Waals surface area contributed by atoms with Gasteiger partial charge in [0.2, 0.25) is 0 Å². The van der Waals surface area contributed by atoms with Gasteiger partial charge in [0.15, 0.2) is 0 Å². The molecule has 2 heteroatoms. The molecule has 112 valence electrons. The van der Waals surface area contributed by atoms with E-state index < -0.39 is 6.10 Å². The second-order valence-electron chi connectivity index (χ2n) is 6.20. The van der Waals surface area contributed by atoms with Crippen molar-refractivity contribution in [3.8, 4) is 0 Å². The molecular weight excluding hydrogens is 248 g/mol. The second kappa shape index (κ2) is 7.24. The normalized spacial score (nSPS) is 24.6. The maximum absolute atomic E-state index is 10.4. The van der Waals surface area contributed by atoms with Crippen molar-refractivity contribution in [1.29, 1.82) is 0 Å². The summed E-state index contributed by atoms with van der Waals surface area (Å²) in [5.41, 5.74) is 3.38. The van der Waals surface area contributed by atoms with Gasteiger partial charge in [0, 0.05) is 0 Å². The van der Waals surface area contributed by atoms with Crippen LogP contribution in [-0.4, -0.2) is 17.8 Å². The van der Waals surface area contributed by atoms with Crippen LogP contribution >= 0.6 is 0 Å². The average Bonchev–Trinajstić information content (AvgIpc) is 2.45. The van der Waals surface area contributed by atoms with Gasteiger partial charge in [0.25, 0.3) is 0 Å². The molecule has 3 atom stereocenters. The molecule has 1 aromatic carbocycles. The third-order valence-corrected chi connectivity index (χ3v) is 4.62. The third-order valence-electron chi connectivity index (χ3n) is 4.62. The Morgan fingerprint density at radius 2 is 2.00 bits per heavy atom. The van der Waals surface area contributed by atoms with Crippen LogP contribution in [0.3, 0.4) is 0 Å². The van der Waals surface area contributed by atoms with Crippen molar-refractivity contribution in [2.75, 3.05) is 6.61 Å². The van der Waals surface area contributed by atoms with Crippen LogP contribution < -0.4 is 0 Å². The van der Waals surface area contributed by atoms with Crippen molar-refractivity contribution in [2.45, 2.75) is 65.1 Å². The number of aliphatic hydroxyl groups is 1. The van der Waals surface area contributed by atoms with Gasteiger partial charge < -0.3 is 9.84 Å². The molecule has 0 spiro atoms. The number of rotatable bonds is 5. The minimum Gasteiger partial charge on any atom is -0.386 e. The van der Waals surface area contributed by atoms with Crippen molar-refractivity contribution in [3.05, 3.63) is 34.9 Å². The topological polar surface area (TPSA) is 29.5 Å². The van der Waals surface area contributed by atoms with Crippen LogP contribution in [0, 0.1) is 19.8 Å². The number of ether oxygens (including phenoxy) is 1. The fourth-order valence-electron chi connectivity index (χ4n) is 3.36. The zero-order valence-corrected chi connectivity index (χ0v) is 13.1. The number of benzene rings is 1. The van der Waals surface area contributed by atoms with Gasteiger partial charge in [-0.05, 0) is 43.7 Å². The van der Waals surface area contributed by atoms with Crippen LogP contribution in [0.5, 0.6) is 0 Å². The van der Waals surface area contributed by atoms with Crippen LogP contribution in [0.15, 0.2) is 18.2 Å². The smallest absolute Gasteiger partial charge is 0.103 e. The lowest BCUT2D eigenvalue weighted by atomic mass is 9.85. The molecule has 1 aromatic rings. The molecule has 0 bridgehead atoms. The molecule has 0 saturated heterocycles. The van der Waals surface area contributed by atoms with E-state index in [1.165, 1.54) is 31.2 Å². The van der Waals surface area contributed by atoms with Crippen LogP contribution in [0.25, 0.3) is 0 Å². The highest BCUT2D eigenvalue weighted by Gasteiger charge is 2.25. The summed E-state index contributed by atoms with van der Waals surface area (Å²) in [4.78, 5) is 0. The summed E-state index contributed by atoms with van der Waals surface area (Å²) >= 11 is 0. The summed E-state index contributed by atoms with van der Waals surface area (Å²) in [6, 6.07) is 6.20. The molecule has 2 nitrogen and oxygen atoms in total. The highest BCUT2D eigenvalue weighted by Crippen LogP contribution is 2.30. The molecule has 1 saturated carbocycles. The minimum atomic E-state index is -0.505. The van der Waals surface area contributed by atoms with Gasteiger partial charge >= 0.3 is 0 Å². The molecule has 0 radical (unpaired) electrons. The maximum atomic E-state index is 10.4. The average molecular weight is 276 g/mol. The van der Waals surface area contributed by atoms with Crippen LogP contribution in [-0.2, 0) is 4.74 Å². The summed E-state index contributed by atoms with van der Waals surface area (Å²) in [5.74, 6) is 0.676. The molecule has 1 aliphatic rings. The van der Waals surface area contributed by atoms with E-state index in [9.17, 15) is 5.11 Å². The first kappa shape index (κ1) is 15.5. The first-order valence-electron chi connectivity index (χ1n) is 7.98. The second-order valence-corrected chi connectivity index (χ2v) is 6.20. The molecule has 1 N–H and O–H groups in total. The Bertz CT molecular complexity index is 427. The molecule has 0 amide bonds. The lowest BCUT2D eigenvalue weighted by Gasteiger charge is -2.31. The standard InChI is InChI=1S/C18H28O2/c1-4-15-7-5-6-8-18(15)20-12-17(19)16-10-9-13(2)11-14(16)3/h9-11,15,17-19H,4-8,12H2,1-3H3. The predicted octanol–water partition coefficient (Wildman–Crippen LogP) is 4.32. The van der Waals surface area contributed by atoms with E-state index in [1.807, 2.05) is 6.07 Å². The fourth-order valence-corrected chi connectivity index (χ4v) is 3.36. The van der Waals surface area contributed by atoms with E-state index in [1.54, 1.807) is 0 Å². The first-order chi connectivity index (χ1) is 9.61. The van der Waals surface area contributed by atoms with Crippen LogP contribution in [0.4, 0.5) is 0 Å². The van der Waals surface area contributed by atoms with Gasteiger partial charge in [0.1, 0.15) is 6.10 Å². The maximum Gasteiger partial charge on any atom is 0.103 e. The number of aryl methyl sites for hydroxylation is 2. The van der Waals surface area contributed by atoms with Gasteiger partial charge in [-0.2, -0.15) is 0 Å². The Hall–Kier alpha value is -0.860. The van der Waals surface area contributed by atoms with Crippen LogP contribution in [0.1, 0.15) is 61.8 Å². The molecule has 2 rings (SSSR count). The number of hydrogen-bond acceptors (Lipinski definition) is 2. The Morgan fingerprint density at radius 3 is 2.70 bits per heavy atom. The SMILES string of the molecule is CCC1CCCCC1OCC(O)c1ccc(C)cc1C. The summed E-state index contributed by atoms with van der Waals surface area (Å²) in [7, 11) is 0. The highest BCUT2D eigenvalue weighted by molar-refractivity contribution is 5.31. The zero-order valence-electron chi connectivity index (χ0n) is 13.1. The molecule has 3 unspecified atom stereocenters. The lowest BCUT2D eigenvalue weighted by Crippen LogP contribution is -2.29. The first-order valence-corrected chi connectivity index (χ1v) is 7.98. The fraction of sp³-hybridized carbons (Fsp3) is 0.667. The van der Waals surface area contributed by atoms with Gasteiger partial charge in [-0.25, -0.2) is 0 Å². The number of hydrogen-bond donors (Lipinski definition) is 1. The Balaban J connectivity index is 1.92. The number of aliphatic hydroxyl groups excluding tert-OH is 1. The lowest BCUT2D eigenvalue weighted by molar-refractivity contribution is -0.0516. The Labute approximate surface area is 123 Å². The van der Waals surface area contributed by atoms with Gasteiger partial charge in [-0.15, -0.1) is 0 Å². The van der Waals surface area contributed by atoms with E-state index in [2.05, 4.69) is 32.9 Å². The van der Waals surface area contributed by atoms with Gasteiger partial charge in [0.05, 0.1) is 12.7 Å². The third kappa shape index (κ3) is 3.83. The van der Waals surface area contributed by atoms with E-state index in [4.69, 9.17) is 4.74 Å². The Kier molecular flexibility index (Phi) is 5.62. The van der Waals surface area contributed by atoms with Crippen molar-refractivity contribution < 1.29 is 9.84 Å². The predicted molar refractivity (Wildman–Crippen MR) is 82.9 cm³/mol. The molecule has 0 aliphatic heterocycles. The summed E-state index contributed by atoms with van der Waals surface area (Å²) in [5, 5.41) is 10.4. The van der Waals surface area contributed by atoms with Gasteiger partial charge in [-0.3, -0.25) is 0 Å². The molecule has 1 fully saturated rings. The quantitative estimate of drug-likeness (QED) is 0.867. The van der Waals surface area contributed by atoms with Crippen molar-refractivity contribution in [2.24, 2.45) is 5.92 Å². The van der Waals surface area contributed by atoms with Crippen molar-refractivity contribution in [1.82, 2.24) is 0 Å². The van der Waals surface area contributed by atoms with E-state index in [-0.39, 0.29) is 0 Å². The van der Waals surface area contributed by atoms with Crippen molar-refractivity contribution in [3.63, 3.8) is 0 Å². The zero-order chi connectivity index (χ0) is 14.5. The minimum absolute atomic E-state index is 0.342. The van der Waals surface area contributed by atoms with E-state index >= 15 is 0 Å². The van der Waals surface area contributed by atoms with Crippen molar-refractivity contribution >= 4 is 0 Å². The molecule has 20 heavy (non-hydrogen) atoms. The molecule has 0 aromatic heterocycles. The summed E-state index contributed by atoms with van der Waals surface area (Å²) in [6.45, 7) is 6.80. The molecule has 0 heterocycles. The van der Waals surface area contributed by atoms with Crippen LogP contribution in [0.2, 0.25) is 0 Å². The summed E-state index contributed by atoms with van der Waals surface area (Å²) in [6.07, 6.45) is 6.05.